The summed E-state index contributed by atoms with van der Waals surface area (Å²) in [7, 11) is 0. The van der Waals surface area contributed by atoms with Crippen LogP contribution in [-0.4, -0.2) is 0 Å². The maximum atomic E-state index is 2.56. The highest BCUT2D eigenvalue weighted by Crippen LogP contribution is 2.55. The lowest BCUT2D eigenvalue weighted by Gasteiger charge is -2.34. The molecule has 3 aliphatic carbocycles. The van der Waals surface area contributed by atoms with Gasteiger partial charge < -0.3 is 0 Å². The molecule has 24 aromatic carbocycles. The lowest BCUT2D eigenvalue weighted by molar-refractivity contribution is 0.225. The topological polar surface area (TPSA) is 0 Å². The molecule has 0 amide bonds. The second-order valence-electron chi connectivity index (χ2n) is 36.8. The number of aryl methyl sites for hydroxylation is 1. The minimum absolute atomic E-state index is 0.352. The van der Waals surface area contributed by atoms with Crippen molar-refractivity contribution < 1.29 is 0 Å². The molecule has 0 fully saturated rings. The molecular formula is C127H90. The Hall–Kier alpha value is -15.1. The number of rotatable bonds is 7. The van der Waals surface area contributed by atoms with Crippen molar-refractivity contribution in [3.63, 3.8) is 0 Å². The van der Waals surface area contributed by atoms with E-state index in [1.165, 1.54) is 268 Å². The molecule has 127 heavy (non-hydrogen) atoms. The SMILES string of the molecule is C1=C(c2c3ccccc3c(-c3ccc4c(ccc5ccccc54)c3)c3ccccc23)CCc2ccccc21.CC(C)(C)C1CC=C(c2c3ccccc3c(-c3ccc4ccc5cccc6ccc3c4c56)c3ccccc23)CC1.c1ccc(C2=C(c3c4ccccc4c(-c4ccc5c6cccc7cccc(c8cccc4c85)c76)c4ccccc34)Cc3ccccc32)cc1. The zero-order valence-electron chi connectivity index (χ0n) is 71.6. The summed E-state index contributed by atoms with van der Waals surface area (Å²) in [5.41, 5.74) is 25.0. The lowest BCUT2D eigenvalue weighted by atomic mass is 9.71. The molecule has 3 aliphatic rings. The number of benzene rings is 24. The van der Waals surface area contributed by atoms with Gasteiger partial charge >= 0.3 is 0 Å². The van der Waals surface area contributed by atoms with Crippen molar-refractivity contribution in [1.82, 2.24) is 0 Å². The van der Waals surface area contributed by atoms with Crippen LogP contribution in [0.15, 0.2) is 406 Å². The van der Waals surface area contributed by atoms with Gasteiger partial charge in [-0.25, -0.2) is 0 Å². The minimum Gasteiger partial charge on any atom is -0.0804 e. The summed E-state index contributed by atoms with van der Waals surface area (Å²) >= 11 is 0. The van der Waals surface area contributed by atoms with Crippen molar-refractivity contribution in [2.75, 3.05) is 0 Å². The van der Waals surface area contributed by atoms with Gasteiger partial charge in [-0.15, -0.1) is 0 Å². The Morgan fingerprint density at radius 2 is 0.622 bits per heavy atom. The first kappa shape index (κ1) is 74.5. The van der Waals surface area contributed by atoms with Gasteiger partial charge in [-0.1, -0.05) is 427 Å². The standard InChI is InChI=1S/C49H30.C40H34.C38H26/c1-2-13-30(14-3-1)45-33-18-5-4-15-32(33)29-44(45)49-38-21-8-6-19-36(38)47(37-20-7-9-22-39(37)49)43-28-27-42-35-24-11-17-31-16-10-23-34(46(31)35)40-25-12-26-41(43)48(40)42;1-40(2,3)29-21-17-27(18-22-29)37-30-11-4-6-13-32(30)39(33-14-7-5-12-31(33)37)35-24-20-28-16-15-25-9-8-10-26-19-23-34(35)38(28)36(25)26;1-2-11-27-23-29(20-17-25(27)9-1)37-33-13-5-7-15-35(33)38(36-16-8-6-14-34(36)37)30-21-22-32-28(24-30)19-18-26-10-3-4-12-31(26)32/h1-28H,29H2;4-17,19-20,23-24,29H,18,21-22H2,1-3H3;1-16,18-19,21-24H,17,20H2. The fourth-order valence-electron chi connectivity index (χ4n) is 23.3. The molecule has 0 spiro atoms. The molecule has 0 radical (unpaired) electrons. The van der Waals surface area contributed by atoms with Crippen molar-refractivity contribution in [1.29, 1.82) is 0 Å². The van der Waals surface area contributed by atoms with Gasteiger partial charge in [0.05, 0.1) is 0 Å². The highest BCUT2D eigenvalue weighted by atomic mass is 14.4. The minimum atomic E-state index is 0.352. The molecule has 598 valence electrons. The Morgan fingerprint density at radius 3 is 1.22 bits per heavy atom. The van der Waals surface area contributed by atoms with Gasteiger partial charge in [0, 0.05) is 0 Å². The van der Waals surface area contributed by atoms with Gasteiger partial charge in [0.25, 0.3) is 0 Å². The maximum Gasteiger partial charge on any atom is -0.000683 e. The highest BCUT2D eigenvalue weighted by Gasteiger charge is 2.32. The number of hydrogen-bond acceptors (Lipinski definition) is 0. The molecule has 1 atom stereocenters. The van der Waals surface area contributed by atoms with Crippen LogP contribution in [0.4, 0.5) is 0 Å². The first-order chi connectivity index (χ1) is 62.7. The van der Waals surface area contributed by atoms with Gasteiger partial charge in [0.1, 0.15) is 0 Å². The summed E-state index contributed by atoms with van der Waals surface area (Å²) < 4.78 is 0. The molecule has 0 saturated carbocycles. The zero-order valence-corrected chi connectivity index (χ0v) is 71.6. The van der Waals surface area contributed by atoms with Crippen LogP contribution in [0.2, 0.25) is 0 Å². The average Bonchev–Trinajstić information content (AvgIpc) is 1.71. The Labute approximate surface area is 739 Å². The third-order valence-electron chi connectivity index (χ3n) is 29.1. The van der Waals surface area contributed by atoms with Crippen molar-refractivity contribution in [3.8, 4) is 33.4 Å². The molecule has 0 bridgehead atoms. The second kappa shape index (κ2) is 29.8. The smallest absolute Gasteiger partial charge is 0.000683 e. The molecule has 27 rings (SSSR count). The Morgan fingerprint density at radius 1 is 0.228 bits per heavy atom. The van der Waals surface area contributed by atoms with Gasteiger partial charge in [-0.05, 0) is 318 Å². The molecule has 0 aliphatic heterocycles. The number of hydrogen-bond donors (Lipinski definition) is 0. The zero-order chi connectivity index (χ0) is 84.1. The van der Waals surface area contributed by atoms with E-state index in [4.69, 9.17) is 0 Å². The van der Waals surface area contributed by atoms with Crippen LogP contribution in [0.3, 0.4) is 0 Å². The van der Waals surface area contributed by atoms with Crippen LogP contribution in [-0.2, 0) is 12.8 Å². The third-order valence-corrected chi connectivity index (χ3v) is 29.1. The van der Waals surface area contributed by atoms with E-state index in [2.05, 4.69) is 433 Å². The fourth-order valence-corrected chi connectivity index (χ4v) is 23.3. The van der Waals surface area contributed by atoms with E-state index in [1.807, 2.05) is 0 Å². The number of fused-ring (bicyclic) bond motifs is 13. The molecule has 0 N–H and O–H groups in total. The van der Waals surface area contributed by atoms with Crippen molar-refractivity contribution >= 4 is 190 Å². The molecule has 24 aromatic rings. The quantitative estimate of drug-likeness (QED) is 0.110. The lowest BCUT2D eigenvalue weighted by Crippen LogP contribution is -2.22. The second-order valence-corrected chi connectivity index (χ2v) is 36.8. The molecule has 0 heterocycles. The van der Waals surface area contributed by atoms with E-state index >= 15 is 0 Å². The Kier molecular flexibility index (Phi) is 17.5. The molecule has 0 nitrogen and oxygen atoms in total. The molecule has 1 unspecified atom stereocenters. The van der Waals surface area contributed by atoms with Gasteiger partial charge in [-0.2, -0.15) is 0 Å². The first-order valence-corrected chi connectivity index (χ1v) is 45.5. The van der Waals surface area contributed by atoms with E-state index in [0.29, 0.717) is 5.41 Å². The first-order valence-electron chi connectivity index (χ1n) is 45.5. The van der Waals surface area contributed by atoms with Gasteiger partial charge in [-0.3, -0.25) is 0 Å². The summed E-state index contributed by atoms with van der Waals surface area (Å²) in [4.78, 5) is 0. The monoisotopic (exact) mass is 1610 g/mol. The summed E-state index contributed by atoms with van der Waals surface area (Å²) in [5.74, 6) is 0.741. The predicted octanol–water partition coefficient (Wildman–Crippen LogP) is 35.5. The maximum absolute atomic E-state index is 2.56. The van der Waals surface area contributed by atoms with Crippen molar-refractivity contribution in [3.05, 3.63) is 451 Å². The summed E-state index contributed by atoms with van der Waals surface area (Å²) in [6.45, 7) is 7.19. The van der Waals surface area contributed by atoms with E-state index in [9.17, 15) is 0 Å². The highest BCUT2D eigenvalue weighted by molar-refractivity contribution is 6.36. The third kappa shape index (κ3) is 12.0. The number of allylic oxidation sites excluding steroid dienone is 4. The van der Waals surface area contributed by atoms with Crippen LogP contribution >= 0.6 is 0 Å². The molecule has 0 aromatic heterocycles. The van der Waals surface area contributed by atoms with E-state index < -0.39 is 0 Å². The van der Waals surface area contributed by atoms with Crippen LogP contribution in [0, 0.1) is 11.3 Å². The Balaban J connectivity index is 0.000000105. The van der Waals surface area contributed by atoms with E-state index in [0.717, 1.165) is 38.0 Å². The fraction of sp³-hybridized carbons (Fsp3) is 0.0866. The van der Waals surface area contributed by atoms with Crippen molar-refractivity contribution in [2.45, 2.75) is 59.3 Å². The summed E-state index contributed by atoms with van der Waals surface area (Å²) in [5, 5.41) is 39.8. The largest absolute Gasteiger partial charge is 0.0804 e. The molecule has 0 heteroatoms. The van der Waals surface area contributed by atoms with E-state index in [1.54, 1.807) is 0 Å². The average molecular weight is 1620 g/mol. The summed E-state index contributed by atoms with van der Waals surface area (Å²) in [6.07, 6.45) is 11.6. The van der Waals surface area contributed by atoms with Crippen LogP contribution < -0.4 is 0 Å². The predicted molar refractivity (Wildman–Crippen MR) is 551 cm³/mol. The Bertz CT molecular complexity index is 8560. The van der Waals surface area contributed by atoms with Gasteiger partial charge in [0.2, 0.25) is 0 Å². The van der Waals surface area contributed by atoms with Crippen LogP contribution in [0.5, 0.6) is 0 Å². The van der Waals surface area contributed by atoms with E-state index in [-0.39, 0.29) is 0 Å². The normalized spacial score (nSPS) is 14.2. The van der Waals surface area contributed by atoms with Crippen LogP contribution in [0.1, 0.15) is 91.0 Å². The molecular weight excluding hydrogens is 1530 g/mol. The van der Waals surface area contributed by atoms with Gasteiger partial charge in [0.15, 0.2) is 0 Å². The van der Waals surface area contributed by atoms with Crippen LogP contribution in [0.25, 0.3) is 223 Å². The molecule has 0 saturated heterocycles. The van der Waals surface area contributed by atoms with Crippen molar-refractivity contribution in [2.24, 2.45) is 11.3 Å². The summed E-state index contributed by atoms with van der Waals surface area (Å²) in [6, 6.07) is 149.